The molecular weight excluding hydrogens is 619 g/mol. The Kier molecular flexibility index (Phi) is 8.33. The molecule has 0 saturated heterocycles. The smallest absolute Gasteiger partial charge is 0.0723 e. The van der Waals surface area contributed by atoms with Crippen LogP contribution in [0.15, 0.2) is 103 Å². The van der Waals surface area contributed by atoms with Gasteiger partial charge in [-0.15, -0.1) is 0 Å². The number of aromatic nitrogens is 3. The molecule has 3 heterocycles. The highest BCUT2D eigenvalue weighted by molar-refractivity contribution is 6.16. The van der Waals surface area contributed by atoms with Crippen LogP contribution in [0, 0.1) is 13.8 Å². The first-order valence-electron chi connectivity index (χ1n) is 18.2. The summed E-state index contributed by atoms with van der Waals surface area (Å²) in [6.45, 7) is 25.2. The average Bonchev–Trinajstić information content (AvgIpc) is 3.45. The highest BCUT2D eigenvalue weighted by atomic mass is 14.7. The number of hydrogen-bond acceptors (Lipinski definition) is 2. The molecule has 1 N–H and O–H groups in total. The molecule has 0 aliphatic carbocycles. The van der Waals surface area contributed by atoms with Crippen molar-refractivity contribution in [2.24, 2.45) is 0 Å². The van der Waals surface area contributed by atoms with Crippen LogP contribution in [-0.2, 0) is 16.2 Å². The molecule has 3 heteroatoms. The van der Waals surface area contributed by atoms with Crippen LogP contribution >= 0.6 is 0 Å². The zero-order chi connectivity index (χ0) is 36.5. The van der Waals surface area contributed by atoms with Crippen LogP contribution < -0.4 is 0 Å². The average molecular weight is 670 g/mol. The Bertz CT molecular complexity index is 2390. The van der Waals surface area contributed by atoms with E-state index in [1.54, 1.807) is 0 Å². The van der Waals surface area contributed by atoms with Gasteiger partial charge in [-0.05, 0) is 141 Å². The number of nitrogens with one attached hydrogen (secondary N) is 1. The summed E-state index contributed by atoms with van der Waals surface area (Å²) in [6, 6.07) is 33.7. The van der Waals surface area contributed by atoms with Crippen molar-refractivity contribution >= 4 is 21.8 Å². The Balaban J connectivity index is 1.59. The maximum absolute atomic E-state index is 4.83. The number of benzene rings is 4. The molecule has 0 bridgehead atoms. The van der Waals surface area contributed by atoms with Crippen molar-refractivity contribution < 1.29 is 0 Å². The quantitative estimate of drug-likeness (QED) is 0.203. The normalized spacial score (nSPS) is 12.6. The second-order valence-corrected chi connectivity index (χ2v) is 17.5. The lowest BCUT2D eigenvalue weighted by atomic mass is 9.81. The summed E-state index contributed by atoms with van der Waals surface area (Å²) in [4.78, 5) is 13.6. The van der Waals surface area contributed by atoms with E-state index in [0.29, 0.717) is 0 Å². The molecule has 7 aromatic rings. The van der Waals surface area contributed by atoms with Crippen molar-refractivity contribution in [1.29, 1.82) is 0 Å². The molecule has 51 heavy (non-hydrogen) atoms. The molecule has 0 spiro atoms. The molecule has 3 nitrogen and oxygen atoms in total. The van der Waals surface area contributed by atoms with Gasteiger partial charge in [0.2, 0.25) is 0 Å². The standard InChI is InChI=1S/C48H51N3/c1-29-20-34(46(3,4)5)21-30(2)43(29)33-23-31(22-32(24-33)41-16-12-14-18-49-41)37-25-35(47(6,7)8)26-38-39-27-36(48(9,10)11)28-40(45(39)51-44(37)38)42-17-13-15-19-50-42/h12-28,51H,1-11H3. The molecule has 0 atom stereocenters. The van der Waals surface area contributed by atoms with Crippen molar-refractivity contribution in [3.05, 3.63) is 131 Å². The van der Waals surface area contributed by atoms with E-state index in [-0.39, 0.29) is 16.2 Å². The van der Waals surface area contributed by atoms with Gasteiger partial charge in [0, 0.05) is 39.9 Å². The number of aryl methyl sites for hydroxylation is 2. The van der Waals surface area contributed by atoms with Crippen molar-refractivity contribution in [3.63, 3.8) is 0 Å². The van der Waals surface area contributed by atoms with Crippen molar-refractivity contribution in [1.82, 2.24) is 15.0 Å². The molecule has 0 unspecified atom stereocenters. The highest BCUT2D eigenvalue weighted by Gasteiger charge is 2.24. The second kappa shape index (κ2) is 12.3. The Morgan fingerprint density at radius 3 is 1.41 bits per heavy atom. The van der Waals surface area contributed by atoms with E-state index < -0.39 is 0 Å². The zero-order valence-electron chi connectivity index (χ0n) is 32.2. The van der Waals surface area contributed by atoms with E-state index >= 15 is 0 Å². The molecule has 0 radical (unpaired) electrons. The predicted octanol–water partition coefficient (Wildman–Crippen LogP) is 13.3. The van der Waals surface area contributed by atoms with Crippen LogP contribution in [0.4, 0.5) is 0 Å². The summed E-state index contributed by atoms with van der Waals surface area (Å²) in [6.07, 6.45) is 3.78. The first kappa shape index (κ1) is 34.4. The van der Waals surface area contributed by atoms with Gasteiger partial charge in [-0.3, -0.25) is 9.97 Å². The molecule has 258 valence electrons. The van der Waals surface area contributed by atoms with Crippen LogP contribution in [0.3, 0.4) is 0 Å². The molecule has 4 aromatic carbocycles. The lowest BCUT2D eigenvalue weighted by Gasteiger charge is -2.23. The van der Waals surface area contributed by atoms with E-state index in [4.69, 9.17) is 9.97 Å². The van der Waals surface area contributed by atoms with Crippen LogP contribution in [0.25, 0.3) is 66.6 Å². The summed E-state index contributed by atoms with van der Waals surface area (Å²) in [5, 5.41) is 2.47. The lowest BCUT2D eigenvalue weighted by Crippen LogP contribution is -2.12. The van der Waals surface area contributed by atoms with Gasteiger partial charge in [0.15, 0.2) is 0 Å². The van der Waals surface area contributed by atoms with Crippen molar-refractivity contribution in [2.45, 2.75) is 92.4 Å². The number of pyridine rings is 2. The van der Waals surface area contributed by atoms with Crippen molar-refractivity contribution in [3.8, 4) is 44.8 Å². The predicted molar refractivity (Wildman–Crippen MR) is 219 cm³/mol. The van der Waals surface area contributed by atoms with E-state index in [1.165, 1.54) is 60.8 Å². The summed E-state index contributed by atoms with van der Waals surface area (Å²) >= 11 is 0. The topological polar surface area (TPSA) is 41.6 Å². The molecule has 0 amide bonds. The first-order valence-corrected chi connectivity index (χ1v) is 18.2. The Morgan fingerprint density at radius 1 is 0.451 bits per heavy atom. The second-order valence-electron chi connectivity index (χ2n) is 17.5. The van der Waals surface area contributed by atoms with Crippen LogP contribution in [-0.4, -0.2) is 15.0 Å². The lowest BCUT2D eigenvalue weighted by molar-refractivity contribution is 0.589. The van der Waals surface area contributed by atoms with Gasteiger partial charge in [0.05, 0.1) is 22.4 Å². The minimum atomic E-state index is -0.0601. The van der Waals surface area contributed by atoms with E-state index in [9.17, 15) is 0 Å². The van der Waals surface area contributed by atoms with E-state index in [2.05, 4.69) is 160 Å². The Hall–Kier alpha value is -5.02. The number of fused-ring (bicyclic) bond motifs is 3. The summed E-state index contributed by atoms with van der Waals surface area (Å²) in [5.41, 5.74) is 17.8. The van der Waals surface area contributed by atoms with Crippen molar-refractivity contribution in [2.75, 3.05) is 0 Å². The number of nitrogens with zero attached hydrogens (tertiary/aromatic N) is 2. The van der Waals surface area contributed by atoms with Gasteiger partial charge in [-0.1, -0.05) is 86.6 Å². The maximum Gasteiger partial charge on any atom is 0.0723 e. The van der Waals surface area contributed by atoms with Gasteiger partial charge in [-0.2, -0.15) is 0 Å². The monoisotopic (exact) mass is 669 g/mol. The van der Waals surface area contributed by atoms with Gasteiger partial charge >= 0.3 is 0 Å². The fourth-order valence-electron chi connectivity index (χ4n) is 7.38. The molecule has 0 fully saturated rings. The third-order valence-corrected chi connectivity index (χ3v) is 10.4. The first-order chi connectivity index (χ1) is 24.0. The Labute approximate surface area is 304 Å². The van der Waals surface area contributed by atoms with E-state index in [0.717, 1.165) is 33.5 Å². The number of rotatable bonds is 4. The highest BCUT2D eigenvalue weighted by Crippen LogP contribution is 2.44. The fraction of sp³-hybridized carbons (Fsp3) is 0.292. The van der Waals surface area contributed by atoms with E-state index in [1.807, 2.05) is 24.5 Å². The number of hydrogen-bond donors (Lipinski definition) is 1. The fourth-order valence-corrected chi connectivity index (χ4v) is 7.38. The number of aromatic amines is 1. The summed E-state index contributed by atoms with van der Waals surface area (Å²) in [5.74, 6) is 0. The molecule has 0 saturated carbocycles. The molecular formula is C48H51N3. The van der Waals surface area contributed by atoms with Gasteiger partial charge < -0.3 is 4.98 Å². The van der Waals surface area contributed by atoms with Gasteiger partial charge in [0.25, 0.3) is 0 Å². The summed E-state index contributed by atoms with van der Waals surface area (Å²) in [7, 11) is 0. The third-order valence-electron chi connectivity index (χ3n) is 10.4. The van der Waals surface area contributed by atoms with Gasteiger partial charge in [0.1, 0.15) is 0 Å². The molecule has 0 aliphatic rings. The summed E-state index contributed by atoms with van der Waals surface area (Å²) < 4.78 is 0. The zero-order valence-corrected chi connectivity index (χ0v) is 32.2. The molecule has 3 aromatic heterocycles. The van der Waals surface area contributed by atoms with Crippen LogP contribution in [0.1, 0.15) is 90.1 Å². The Morgan fingerprint density at radius 2 is 0.902 bits per heavy atom. The van der Waals surface area contributed by atoms with Crippen LogP contribution in [0.2, 0.25) is 0 Å². The largest absolute Gasteiger partial charge is 0.353 e. The number of H-pyrrole nitrogens is 1. The SMILES string of the molecule is Cc1cc(C(C)(C)C)cc(C)c1-c1cc(-c2ccccn2)cc(-c2cc(C(C)(C)C)cc3c2[nH]c2c(-c4ccccn4)cc(C(C)(C)C)cc23)c1. The minimum absolute atomic E-state index is 0.0318. The maximum atomic E-state index is 4.83. The third kappa shape index (κ3) is 6.51. The van der Waals surface area contributed by atoms with Crippen LogP contribution in [0.5, 0.6) is 0 Å². The molecule has 7 rings (SSSR count). The van der Waals surface area contributed by atoms with Gasteiger partial charge in [-0.25, -0.2) is 0 Å². The minimum Gasteiger partial charge on any atom is -0.353 e. The molecule has 0 aliphatic heterocycles.